The topological polar surface area (TPSA) is 127 Å². The van der Waals surface area contributed by atoms with E-state index in [4.69, 9.17) is 11.6 Å². The number of benzene rings is 1. The van der Waals surface area contributed by atoms with Crippen LogP contribution in [0.2, 0.25) is 5.02 Å². The summed E-state index contributed by atoms with van der Waals surface area (Å²) in [4.78, 5) is 22.7. The molecule has 0 saturated heterocycles. The molecule has 1 heterocycles. The molecule has 0 atom stereocenters. The summed E-state index contributed by atoms with van der Waals surface area (Å²) < 4.78 is 28.6. The molecule has 0 spiro atoms. The van der Waals surface area contributed by atoms with E-state index in [1.807, 2.05) is 20.8 Å². The summed E-state index contributed by atoms with van der Waals surface area (Å²) in [6, 6.07) is 4.97. The van der Waals surface area contributed by atoms with Gasteiger partial charge in [-0.2, -0.15) is 9.40 Å². The average Bonchev–Trinajstić information content (AvgIpc) is 3.02. The van der Waals surface area contributed by atoms with E-state index in [0.29, 0.717) is 12.2 Å². The molecule has 0 aliphatic heterocycles. The third kappa shape index (κ3) is 5.81. The molecule has 1 aromatic heterocycles. The molecule has 0 aliphatic rings. The molecule has 10 nitrogen and oxygen atoms in total. The van der Waals surface area contributed by atoms with Crippen molar-refractivity contribution in [2.75, 3.05) is 18.4 Å². The fraction of sp³-hybridized carbons (Fsp3) is 0.474. The number of anilines is 1. The van der Waals surface area contributed by atoms with Crippen LogP contribution < -0.4 is 5.32 Å². The lowest BCUT2D eigenvalue weighted by Gasteiger charge is -2.21. The first kappa shape index (κ1) is 24.8. The van der Waals surface area contributed by atoms with Crippen molar-refractivity contribution in [2.24, 2.45) is 7.05 Å². The number of halogens is 1. The molecule has 0 fully saturated rings. The van der Waals surface area contributed by atoms with Gasteiger partial charge in [0.25, 0.3) is 5.69 Å². The van der Waals surface area contributed by atoms with E-state index in [9.17, 15) is 23.3 Å². The maximum Gasteiger partial charge on any atom is 0.289 e. The Morgan fingerprint density at radius 1 is 1.32 bits per heavy atom. The summed E-state index contributed by atoms with van der Waals surface area (Å²) in [6.07, 6.45) is 0.447. The van der Waals surface area contributed by atoms with E-state index in [-0.39, 0.29) is 21.9 Å². The second-order valence-electron chi connectivity index (χ2n) is 8.05. The molecule has 1 aromatic carbocycles. The van der Waals surface area contributed by atoms with Crippen LogP contribution in [0.3, 0.4) is 0 Å². The highest BCUT2D eigenvalue weighted by Crippen LogP contribution is 2.29. The van der Waals surface area contributed by atoms with E-state index < -0.39 is 33.1 Å². The molecule has 2 aromatic rings. The molecule has 1 N–H and O–H groups in total. The van der Waals surface area contributed by atoms with Gasteiger partial charge < -0.3 is 5.32 Å². The summed E-state index contributed by atoms with van der Waals surface area (Å²) in [5.41, 5.74) is 0.0341. The van der Waals surface area contributed by atoms with E-state index in [1.54, 1.807) is 20.0 Å². The quantitative estimate of drug-likeness (QED) is 0.464. The number of hydrogen-bond acceptors (Lipinski definition) is 6. The second kappa shape index (κ2) is 9.33. The van der Waals surface area contributed by atoms with Crippen LogP contribution in [0.4, 0.5) is 11.5 Å². The van der Waals surface area contributed by atoms with Crippen LogP contribution >= 0.6 is 11.6 Å². The normalized spacial score (nSPS) is 12.2. The van der Waals surface area contributed by atoms with Crippen LogP contribution in [0.1, 0.15) is 39.8 Å². The van der Waals surface area contributed by atoms with E-state index in [1.165, 1.54) is 10.7 Å². The van der Waals surface area contributed by atoms with E-state index in [0.717, 1.165) is 22.1 Å². The number of nitrogens with zero attached hydrogens (tertiary/aromatic N) is 4. The Balaban J connectivity index is 2.28. The zero-order valence-electron chi connectivity index (χ0n) is 18.0. The molecular weight excluding hydrogens is 446 g/mol. The number of aryl methyl sites for hydroxylation is 1. The number of nitrogens with one attached hydrogen (secondary N) is 1. The molecule has 0 saturated carbocycles. The number of nitro benzene ring substituents is 1. The van der Waals surface area contributed by atoms with Gasteiger partial charge in [0.1, 0.15) is 10.8 Å². The van der Waals surface area contributed by atoms with Crippen molar-refractivity contribution in [1.29, 1.82) is 0 Å². The molecular formula is C19H26ClN5O5S. The zero-order chi connectivity index (χ0) is 23.6. The number of rotatable bonds is 8. The lowest BCUT2D eigenvalue weighted by Crippen LogP contribution is -2.38. The van der Waals surface area contributed by atoms with E-state index in [2.05, 4.69) is 10.4 Å². The number of carbonyl (C=O) groups excluding carboxylic acids is 1. The van der Waals surface area contributed by atoms with Gasteiger partial charge >= 0.3 is 0 Å². The van der Waals surface area contributed by atoms with Crippen molar-refractivity contribution < 1.29 is 18.1 Å². The van der Waals surface area contributed by atoms with Crippen LogP contribution in [0.25, 0.3) is 0 Å². The number of sulfonamides is 1. The maximum atomic E-state index is 13.1. The van der Waals surface area contributed by atoms with Crippen LogP contribution in [-0.2, 0) is 27.3 Å². The number of carbonyl (C=O) groups is 1. The first-order valence-electron chi connectivity index (χ1n) is 9.55. The minimum Gasteiger partial charge on any atom is -0.310 e. The van der Waals surface area contributed by atoms with Crippen LogP contribution in [-0.4, -0.2) is 46.4 Å². The van der Waals surface area contributed by atoms with Crippen molar-refractivity contribution in [3.8, 4) is 0 Å². The van der Waals surface area contributed by atoms with Crippen LogP contribution in [0.5, 0.6) is 0 Å². The van der Waals surface area contributed by atoms with E-state index >= 15 is 0 Å². The molecule has 170 valence electrons. The number of nitro groups is 1. The number of amides is 1. The largest absolute Gasteiger partial charge is 0.310 e. The third-order valence-electron chi connectivity index (χ3n) is 4.46. The predicted octanol–water partition coefficient (Wildman–Crippen LogP) is 3.32. The van der Waals surface area contributed by atoms with Gasteiger partial charge in [-0.05, 0) is 18.6 Å². The molecule has 12 heteroatoms. The molecule has 1 amide bonds. The summed E-state index contributed by atoms with van der Waals surface area (Å²) in [5.74, 6) is -0.116. The maximum absolute atomic E-state index is 13.1. The Morgan fingerprint density at radius 2 is 1.97 bits per heavy atom. The number of hydrogen-bond donors (Lipinski definition) is 1. The molecule has 31 heavy (non-hydrogen) atoms. The third-order valence-corrected chi connectivity index (χ3v) is 6.62. The van der Waals surface area contributed by atoms with Gasteiger partial charge in [0, 0.05) is 31.1 Å². The molecule has 0 bridgehead atoms. The first-order chi connectivity index (χ1) is 14.3. The second-order valence-corrected chi connectivity index (χ2v) is 10.4. The minimum absolute atomic E-state index is 0.0603. The number of aromatic nitrogens is 2. The first-order valence-corrected chi connectivity index (χ1v) is 11.4. The Labute approximate surface area is 186 Å². The van der Waals surface area contributed by atoms with Gasteiger partial charge in [0.15, 0.2) is 0 Å². The fourth-order valence-corrected chi connectivity index (χ4v) is 4.46. The van der Waals surface area contributed by atoms with Crippen LogP contribution in [0.15, 0.2) is 29.2 Å². The lowest BCUT2D eigenvalue weighted by molar-refractivity contribution is -0.384. The molecule has 2 rings (SSSR count). The smallest absolute Gasteiger partial charge is 0.289 e. The van der Waals surface area contributed by atoms with Crippen molar-refractivity contribution in [3.05, 3.63) is 45.1 Å². The standard InChI is InChI=1S/C19H26ClN5O5S/c1-6-9-24(31(29,30)13-7-8-14(20)15(10-13)25(27)28)12-18(26)21-17-11-16(19(2,3)4)22-23(17)5/h7-8,10-11H,6,9,12H2,1-5H3,(H,21,26). The Kier molecular flexibility index (Phi) is 7.45. The lowest BCUT2D eigenvalue weighted by atomic mass is 9.92. The molecule has 0 aliphatic carbocycles. The molecule has 0 unspecified atom stereocenters. The zero-order valence-corrected chi connectivity index (χ0v) is 19.6. The highest BCUT2D eigenvalue weighted by Gasteiger charge is 2.29. The highest BCUT2D eigenvalue weighted by atomic mass is 35.5. The van der Waals surface area contributed by atoms with Crippen molar-refractivity contribution in [2.45, 2.75) is 44.4 Å². The SMILES string of the molecule is CCCN(CC(=O)Nc1cc(C(C)(C)C)nn1C)S(=O)(=O)c1ccc(Cl)c([N+](=O)[O-])c1. The van der Waals surface area contributed by atoms with Gasteiger partial charge in [-0.1, -0.05) is 39.3 Å². The van der Waals surface area contributed by atoms with Crippen molar-refractivity contribution in [3.63, 3.8) is 0 Å². The Bertz CT molecular complexity index is 1090. The summed E-state index contributed by atoms with van der Waals surface area (Å²) in [5, 5.41) is 18.0. The van der Waals surface area contributed by atoms with Gasteiger partial charge in [-0.25, -0.2) is 8.42 Å². The minimum atomic E-state index is -4.16. The monoisotopic (exact) mass is 471 g/mol. The summed E-state index contributed by atoms with van der Waals surface area (Å²) in [7, 11) is -2.49. The Morgan fingerprint density at radius 3 is 2.48 bits per heavy atom. The van der Waals surface area contributed by atoms with Gasteiger partial charge in [-0.15, -0.1) is 0 Å². The average molecular weight is 472 g/mol. The van der Waals surface area contributed by atoms with Crippen molar-refractivity contribution >= 4 is 39.0 Å². The summed E-state index contributed by atoms with van der Waals surface area (Å²) in [6.45, 7) is 7.33. The van der Waals surface area contributed by atoms with Gasteiger partial charge in [-0.3, -0.25) is 19.6 Å². The predicted molar refractivity (Wildman–Crippen MR) is 118 cm³/mol. The Hall–Kier alpha value is -2.50. The summed E-state index contributed by atoms with van der Waals surface area (Å²) >= 11 is 5.78. The molecule has 0 radical (unpaired) electrons. The highest BCUT2D eigenvalue weighted by molar-refractivity contribution is 7.89. The van der Waals surface area contributed by atoms with Crippen LogP contribution in [0, 0.1) is 10.1 Å². The van der Waals surface area contributed by atoms with Gasteiger partial charge in [0.2, 0.25) is 15.9 Å². The van der Waals surface area contributed by atoms with Gasteiger partial charge in [0.05, 0.1) is 22.1 Å². The van der Waals surface area contributed by atoms with Crippen molar-refractivity contribution in [1.82, 2.24) is 14.1 Å². The fourth-order valence-electron chi connectivity index (χ4n) is 2.77.